The summed E-state index contributed by atoms with van der Waals surface area (Å²) < 4.78 is 4.41. The number of Topliss-reactive ketones (excluding diaryl/α,β-unsaturated/α-hetero) is 1. The lowest BCUT2D eigenvalue weighted by molar-refractivity contribution is -0.135. The number of carbonyl (C=O) groups excluding carboxylic acids is 3. The first-order valence-corrected chi connectivity index (χ1v) is 6.88. The summed E-state index contributed by atoms with van der Waals surface area (Å²) in [5.41, 5.74) is 1.57. The van der Waals surface area contributed by atoms with Crippen molar-refractivity contribution in [2.45, 2.75) is 25.8 Å². The highest BCUT2D eigenvalue weighted by molar-refractivity contribution is 6.40. The molecule has 0 aliphatic carbocycles. The zero-order valence-electron chi connectivity index (χ0n) is 13.1. The average Bonchev–Trinajstić information content (AvgIpc) is 2.51. The van der Waals surface area contributed by atoms with Gasteiger partial charge >= 0.3 is 5.97 Å². The van der Waals surface area contributed by atoms with Crippen LogP contribution in [0.25, 0.3) is 0 Å². The van der Waals surface area contributed by atoms with Crippen LogP contribution >= 0.6 is 0 Å². The summed E-state index contributed by atoms with van der Waals surface area (Å²) in [6.45, 7) is 8.08. The summed E-state index contributed by atoms with van der Waals surface area (Å²) in [7, 11) is 1.18. The van der Waals surface area contributed by atoms with Crippen molar-refractivity contribution in [3.63, 3.8) is 0 Å². The Morgan fingerprint density at radius 3 is 2.36 bits per heavy atom. The van der Waals surface area contributed by atoms with Crippen molar-refractivity contribution in [3.05, 3.63) is 47.5 Å². The fraction of sp³-hybridized carbons (Fsp3) is 0.353. The molecule has 5 heteroatoms. The monoisotopic (exact) mass is 303 g/mol. The van der Waals surface area contributed by atoms with Crippen molar-refractivity contribution >= 4 is 18.0 Å². The molecule has 1 aromatic carbocycles. The number of hydrogen-bond acceptors (Lipinski definition) is 5. The maximum atomic E-state index is 11.7. The second-order valence-corrected chi connectivity index (χ2v) is 5.71. The minimum Gasteiger partial charge on any atom is -0.463 e. The Kier molecular flexibility index (Phi) is 6.19. The molecular weight excluding hydrogens is 282 g/mol. The van der Waals surface area contributed by atoms with Crippen molar-refractivity contribution in [2.75, 3.05) is 13.7 Å². The minimum absolute atomic E-state index is 0.236. The molecule has 0 saturated heterocycles. The lowest BCUT2D eigenvalue weighted by atomic mass is 9.93. The smallest absolute Gasteiger partial charge is 0.379 e. The van der Waals surface area contributed by atoms with Gasteiger partial charge in [0.05, 0.1) is 7.11 Å². The van der Waals surface area contributed by atoms with Gasteiger partial charge < -0.3 is 10.1 Å². The molecule has 0 spiro atoms. The number of esters is 1. The van der Waals surface area contributed by atoms with Gasteiger partial charge in [0.15, 0.2) is 0 Å². The number of ketones is 1. The largest absolute Gasteiger partial charge is 0.463 e. The number of rotatable bonds is 8. The molecule has 0 radical (unpaired) electrons. The molecule has 0 amide bonds. The first-order chi connectivity index (χ1) is 10.3. The molecule has 0 fully saturated rings. The zero-order chi connectivity index (χ0) is 16.8. The third-order valence-electron chi connectivity index (χ3n) is 3.19. The lowest BCUT2D eigenvalue weighted by Crippen LogP contribution is -2.42. The summed E-state index contributed by atoms with van der Waals surface area (Å²) in [5.74, 6) is -1.53. The van der Waals surface area contributed by atoms with E-state index in [-0.39, 0.29) is 5.54 Å². The van der Waals surface area contributed by atoms with Gasteiger partial charge in [-0.3, -0.25) is 9.59 Å². The Labute approximate surface area is 130 Å². The molecule has 1 aromatic rings. The number of nitrogens with one attached hydrogen (secondary N) is 1. The Balaban J connectivity index is 2.70. The van der Waals surface area contributed by atoms with E-state index >= 15 is 0 Å². The van der Waals surface area contributed by atoms with E-state index in [0.29, 0.717) is 24.1 Å². The maximum absolute atomic E-state index is 11.7. The first-order valence-electron chi connectivity index (χ1n) is 6.88. The van der Waals surface area contributed by atoms with E-state index < -0.39 is 11.8 Å². The second kappa shape index (κ2) is 7.66. The summed E-state index contributed by atoms with van der Waals surface area (Å²) in [5, 5.41) is 3.25. The standard InChI is InChI=1S/C17H21NO4/c1-12(11-19)10-18-17(2,3)9-13-5-7-14(8-6-13)15(20)16(21)22-4/h5-8,11,18H,1,9-10H2,2-4H3. The van der Waals surface area contributed by atoms with Crippen LogP contribution in [0.4, 0.5) is 0 Å². The molecule has 22 heavy (non-hydrogen) atoms. The molecule has 0 unspecified atom stereocenters. The van der Waals surface area contributed by atoms with E-state index in [1.54, 1.807) is 24.3 Å². The van der Waals surface area contributed by atoms with Crippen molar-refractivity contribution in [1.82, 2.24) is 5.32 Å². The fourth-order valence-corrected chi connectivity index (χ4v) is 1.95. The van der Waals surface area contributed by atoms with Crippen LogP contribution in [-0.4, -0.2) is 37.2 Å². The van der Waals surface area contributed by atoms with Gasteiger partial charge in [0.1, 0.15) is 6.29 Å². The second-order valence-electron chi connectivity index (χ2n) is 5.71. The predicted octanol–water partition coefficient (Wildman–Crippen LogP) is 1.71. The summed E-state index contributed by atoms with van der Waals surface area (Å²) in [4.78, 5) is 33.4. The van der Waals surface area contributed by atoms with Crippen LogP contribution in [0.1, 0.15) is 29.8 Å². The molecule has 0 aliphatic heterocycles. The highest BCUT2D eigenvalue weighted by Gasteiger charge is 2.19. The van der Waals surface area contributed by atoms with Gasteiger partial charge in [-0.2, -0.15) is 0 Å². The first kappa shape index (κ1) is 17.8. The van der Waals surface area contributed by atoms with E-state index in [1.807, 2.05) is 13.8 Å². The number of ether oxygens (including phenoxy) is 1. The maximum Gasteiger partial charge on any atom is 0.379 e. The van der Waals surface area contributed by atoms with Gasteiger partial charge in [-0.25, -0.2) is 4.79 Å². The molecule has 118 valence electrons. The fourth-order valence-electron chi connectivity index (χ4n) is 1.95. The Bertz CT molecular complexity index is 573. The van der Waals surface area contributed by atoms with Crippen LogP contribution in [0.15, 0.2) is 36.4 Å². The molecular formula is C17H21NO4. The third kappa shape index (κ3) is 5.26. The van der Waals surface area contributed by atoms with Gasteiger partial charge in [0, 0.05) is 17.6 Å². The minimum atomic E-state index is -0.873. The van der Waals surface area contributed by atoms with Crippen LogP contribution < -0.4 is 5.32 Å². The van der Waals surface area contributed by atoms with Crippen molar-refractivity contribution in [3.8, 4) is 0 Å². The molecule has 0 atom stereocenters. The highest BCUT2D eigenvalue weighted by atomic mass is 16.5. The molecule has 0 bridgehead atoms. The summed E-state index contributed by atoms with van der Waals surface area (Å²) in [6.07, 6.45) is 1.43. The van der Waals surface area contributed by atoms with Gasteiger partial charge in [-0.05, 0) is 31.4 Å². The van der Waals surface area contributed by atoms with Crippen LogP contribution in [0, 0.1) is 0 Å². The number of aldehydes is 1. The van der Waals surface area contributed by atoms with Crippen LogP contribution in [0.3, 0.4) is 0 Å². The molecule has 0 heterocycles. The quantitative estimate of drug-likeness (QED) is 0.260. The molecule has 1 rings (SSSR count). The number of methoxy groups -OCH3 is 1. The SMILES string of the molecule is C=C(C=O)CNC(C)(C)Cc1ccc(C(=O)C(=O)OC)cc1. The van der Waals surface area contributed by atoms with Gasteiger partial charge in [0.2, 0.25) is 0 Å². The van der Waals surface area contributed by atoms with E-state index in [2.05, 4.69) is 16.6 Å². The topological polar surface area (TPSA) is 72.5 Å². The van der Waals surface area contributed by atoms with Crippen molar-refractivity contribution in [1.29, 1.82) is 0 Å². The summed E-state index contributed by atoms with van der Waals surface area (Å²) in [6, 6.07) is 6.81. The number of benzene rings is 1. The highest BCUT2D eigenvalue weighted by Crippen LogP contribution is 2.14. The van der Waals surface area contributed by atoms with Gasteiger partial charge in [0.25, 0.3) is 5.78 Å². The van der Waals surface area contributed by atoms with Crippen molar-refractivity contribution < 1.29 is 19.1 Å². The molecule has 0 aromatic heterocycles. The molecule has 5 nitrogen and oxygen atoms in total. The Morgan fingerprint density at radius 2 is 1.86 bits per heavy atom. The molecule has 1 N–H and O–H groups in total. The van der Waals surface area contributed by atoms with E-state index in [4.69, 9.17) is 0 Å². The van der Waals surface area contributed by atoms with E-state index in [0.717, 1.165) is 11.8 Å². The van der Waals surface area contributed by atoms with Gasteiger partial charge in [-0.1, -0.05) is 30.8 Å². The number of hydrogen-bond donors (Lipinski definition) is 1. The Morgan fingerprint density at radius 1 is 1.27 bits per heavy atom. The molecule has 0 saturated carbocycles. The Hall–Kier alpha value is -2.27. The average molecular weight is 303 g/mol. The normalized spacial score (nSPS) is 10.9. The van der Waals surface area contributed by atoms with E-state index in [1.165, 1.54) is 7.11 Å². The van der Waals surface area contributed by atoms with Crippen LogP contribution in [-0.2, 0) is 20.7 Å². The van der Waals surface area contributed by atoms with Crippen LogP contribution in [0.5, 0.6) is 0 Å². The number of carbonyl (C=O) groups is 3. The zero-order valence-corrected chi connectivity index (χ0v) is 13.1. The third-order valence-corrected chi connectivity index (χ3v) is 3.19. The van der Waals surface area contributed by atoms with Crippen molar-refractivity contribution in [2.24, 2.45) is 0 Å². The summed E-state index contributed by atoms with van der Waals surface area (Å²) >= 11 is 0. The van der Waals surface area contributed by atoms with E-state index in [9.17, 15) is 14.4 Å². The predicted molar refractivity (Wildman–Crippen MR) is 83.8 cm³/mol. The molecule has 0 aliphatic rings. The lowest BCUT2D eigenvalue weighted by Gasteiger charge is -2.26. The van der Waals surface area contributed by atoms with Crippen LogP contribution in [0.2, 0.25) is 0 Å². The van der Waals surface area contributed by atoms with Gasteiger partial charge in [-0.15, -0.1) is 0 Å².